The molecule has 1 aromatic carbocycles. The molecule has 9 heteroatoms. The lowest BCUT2D eigenvalue weighted by Gasteiger charge is -2.14. The topological polar surface area (TPSA) is 106 Å². The average molecular weight is 457 g/mol. The maximum Gasteiger partial charge on any atom is 0.340 e. The van der Waals surface area contributed by atoms with E-state index < -0.39 is 5.97 Å². The summed E-state index contributed by atoms with van der Waals surface area (Å²) >= 11 is 1.20. The van der Waals surface area contributed by atoms with Gasteiger partial charge in [-0.15, -0.1) is 0 Å². The summed E-state index contributed by atoms with van der Waals surface area (Å²) in [5, 5.41) is 3.26. The molecule has 0 spiro atoms. The van der Waals surface area contributed by atoms with Crippen molar-refractivity contribution in [1.82, 2.24) is 14.5 Å². The molecule has 0 aliphatic heterocycles. The molecule has 0 radical (unpaired) electrons. The number of aromatic nitrogens is 3. The molecule has 2 aromatic heterocycles. The summed E-state index contributed by atoms with van der Waals surface area (Å²) in [5.74, 6) is -0.334. The van der Waals surface area contributed by atoms with E-state index in [1.165, 1.54) is 11.8 Å². The van der Waals surface area contributed by atoms with Gasteiger partial charge in [0, 0.05) is 12.2 Å². The Morgan fingerprint density at radius 2 is 2.03 bits per heavy atom. The highest BCUT2D eigenvalue weighted by Crippen LogP contribution is 2.21. The van der Waals surface area contributed by atoms with Crippen LogP contribution in [0.25, 0.3) is 11.0 Å². The summed E-state index contributed by atoms with van der Waals surface area (Å²) in [6.07, 6.45) is 0.819. The average Bonchev–Trinajstić information content (AvgIpc) is 3.12. The van der Waals surface area contributed by atoms with Gasteiger partial charge < -0.3 is 15.0 Å². The lowest BCUT2D eigenvalue weighted by atomic mass is 10.1. The number of esters is 1. The highest BCUT2D eigenvalue weighted by atomic mass is 32.2. The van der Waals surface area contributed by atoms with Gasteiger partial charge in [0.25, 0.3) is 5.56 Å². The molecule has 0 aliphatic rings. The second-order valence-corrected chi connectivity index (χ2v) is 8.79. The standard InChI is InChI=1S/C23H28N4O4S/c1-5-31-22(30)16-8-6-7-9-17(16)25-19(28)13-32-23-26-18-12-15(4)24-20(18)21(29)27(23)11-10-14(2)3/h6-9,12,14,24H,5,10-11,13H2,1-4H3,(H,25,28). The number of anilines is 1. The van der Waals surface area contributed by atoms with E-state index in [0.717, 1.165) is 12.1 Å². The minimum Gasteiger partial charge on any atom is -0.462 e. The van der Waals surface area contributed by atoms with Gasteiger partial charge in [0.15, 0.2) is 5.16 Å². The molecule has 0 atom stereocenters. The number of thioether (sulfide) groups is 1. The highest BCUT2D eigenvalue weighted by Gasteiger charge is 2.17. The number of carbonyl (C=O) groups is 2. The number of aromatic amines is 1. The van der Waals surface area contributed by atoms with Crippen molar-refractivity contribution in [3.8, 4) is 0 Å². The minimum atomic E-state index is -0.492. The molecule has 0 fully saturated rings. The first-order valence-electron chi connectivity index (χ1n) is 10.6. The van der Waals surface area contributed by atoms with Gasteiger partial charge in [0.2, 0.25) is 5.91 Å². The lowest BCUT2D eigenvalue weighted by molar-refractivity contribution is -0.113. The van der Waals surface area contributed by atoms with E-state index in [4.69, 9.17) is 4.74 Å². The van der Waals surface area contributed by atoms with E-state index in [2.05, 4.69) is 29.1 Å². The van der Waals surface area contributed by atoms with Crippen molar-refractivity contribution in [3.05, 3.63) is 51.9 Å². The van der Waals surface area contributed by atoms with Crippen molar-refractivity contribution in [2.24, 2.45) is 5.92 Å². The highest BCUT2D eigenvalue weighted by molar-refractivity contribution is 7.99. The molecule has 2 heterocycles. The molecular formula is C23H28N4O4S. The molecule has 3 aromatic rings. The maximum atomic E-state index is 13.0. The molecule has 0 aliphatic carbocycles. The first-order chi connectivity index (χ1) is 15.3. The number of amides is 1. The molecule has 0 saturated carbocycles. The van der Waals surface area contributed by atoms with Crippen LogP contribution >= 0.6 is 11.8 Å². The van der Waals surface area contributed by atoms with Gasteiger partial charge in [-0.2, -0.15) is 0 Å². The van der Waals surface area contributed by atoms with E-state index in [9.17, 15) is 14.4 Å². The number of nitrogens with zero attached hydrogens (tertiary/aromatic N) is 2. The van der Waals surface area contributed by atoms with E-state index in [1.807, 2.05) is 13.0 Å². The Bertz CT molecular complexity index is 1180. The van der Waals surface area contributed by atoms with Crippen molar-refractivity contribution in [2.45, 2.75) is 45.8 Å². The zero-order chi connectivity index (χ0) is 23.3. The predicted octanol–water partition coefficient (Wildman–Crippen LogP) is 3.99. The fraction of sp³-hybridized carbons (Fsp3) is 0.391. The number of ether oxygens (including phenoxy) is 1. The van der Waals surface area contributed by atoms with E-state index in [1.54, 1.807) is 35.8 Å². The monoisotopic (exact) mass is 456 g/mol. The second kappa shape index (κ2) is 10.5. The van der Waals surface area contributed by atoms with Crippen molar-refractivity contribution in [2.75, 3.05) is 17.7 Å². The van der Waals surface area contributed by atoms with Crippen LogP contribution in [0.5, 0.6) is 0 Å². The lowest BCUT2D eigenvalue weighted by Crippen LogP contribution is -2.25. The molecule has 2 N–H and O–H groups in total. The number of carbonyl (C=O) groups excluding carboxylic acids is 2. The predicted molar refractivity (Wildman–Crippen MR) is 126 cm³/mol. The van der Waals surface area contributed by atoms with E-state index >= 15 is 0 Å². The number of hydrogen-bond acceptors (Lipinski definition) is 6. The maximum absolute atomic E-state index is 13.0. The second-order valence-electron chi connectivity index (χ2n) is 7.85. The van der Waals surface area contributed by atoms with Gasteiger partial charge in [0.1, 0.15) is 5.52 Å². The smallest absolute Gasteiger partial charge is 0.340 e. The largest absolute Gasteiger partial charge is 0.462 e. The van der Waals surface area contributed by atoms with Gasteiger partial charge >= 0.3 is 5.97 Å². The van der Waals surface area contributed by atoms with Gasteiger partial charge in [-0.3, -0.25) is 14.2 Å². The Labute approximate surface area is 190 Å². The number of benzene rings is 1. The number of para-hydroxylation sites is 1. The normalized spacial score (nSPS) is 11.2. The third-order valence-electron chi connectivity index (χ3n) is 4.80. The van der Waals surface area contributed by atoms with Gasteiger partial charge in [-0.25, -0.2) is 9.78 Å². The van der Waals surface area contributed by atoms with Crippen molar-refractivity contribution in [1.29, 1.82) is 0 Å². The molecule has 8 nitrogen and oxygen atoms in total. The number of hydrogen-bond donors (Lipinski definition) is 2. The fourth-order valence-electron chi connectivity index (χ4n) is 3.20. The van der Waals surface area contributed by atoms with Crippen LogP contribution in [0.15, 0.2) is 40.3 Å². The first kappa shape index (κ1) is 23.6. The van der Waals surface area contributed by atoms with Crippen LogP contribution in [-0.2, 0) is 16.1 Å². The zero-order valence-corrected chi connectivity index (χ0v) is 19.5. The molecule has 170 valence electrons. The Morgan fingerprint density at radius 1 is 1.28 bits per heavy atom. The van der Waals surface area contributed by atoms with Crippen molar-refractivity contribution >= 4 is 40.4 Å². The van der Waals surface area contributed by atoms with Gasteiger partial charge in [-0.05, 0) is 44.4 Å². The minimum absolute atomic E-state index is 0.0419. The van der Waals surface area contributed by atoms with Crippen LogP contribution in [0.2, 0.25) is 0 Å². The summed E-state index contributed by atoms with van der Waals surface area (Å²) in [7, 11) is 0. The Morgan fingerprint density at radius 3 is 2.75 bits per heavy atom. The van der Waals surface area contributed by atoms with Crippen LogP contribution in [0.1, 0.15) is 43.2 Å². The van der Waals surface area contributed by atoms with Crippen LogP contribution in [0.3, 0.4) is 0 Å². The number of nitrogens with one attached hydrogen (secondary N) is 2. The summed E-state index contributed by atoms with van der Waals surface area (Å²) in [6, 6.07) is 8.53. The van der Waals surface area contributed by atoms with Gasteiger partial charge in [-0.1, -0.05) is 37.7 Å². The fourth-order valence-corrected chi connectivity index (χ4v) is 4.03. The Kier molecular flexibility index (Phi) is 7.74. The van der Waals surface area contributed by atoms with Crippen LogP contribution in [0.4, 0.5) is 5.69 Å². The summed E-state index contributed by atoms with van der Waals surface area (Å²) in [6.45, 7) is 8.56. The Hall–Kier alpha value is -3.07. The number of rotatable bonds is 9. The third-order valence-corrected chi connectivity index (χ3v) is 5.77. The summed E-state index contributed by atoms with van der Waals surface area (Å²) in [5.41, 5.74) is 2.46. The van der Waals surface area contributed by atoms with E-state index in [-0.39, 0.29) is 23.8 Å². The third kappa shape index (κ3) is 5.59. The Balaban J connectivity index is 1.80. The van der Waals surface area contributed by atoms with Crippen LogP contribution in [-0.4, -0.2) is 38.8 Å². The number of H-pyrrole nitrogens is 1. The van der Waals surface area contributed by atoms with E-state index in [0.29, 0.717) is 39.9 Å². The zero-order valence-electron chi connectivity index (χ0n) is 18.7. The van der Waals surface area contributed by atoms with Crippen molar-refractivity contribution in [3.63, 3.8) is 0 Å². The molecule has 3 rings (SSSR count). The first-order valence-corrected chi connectivity index (χ1v) is 11.6. The molecule has 0 bridgehead atoms. The summed E-state index contributed by atoms with van der Waals surface area (Å²) in [4.78, 5) is 45.5. The molecular weight excluding hydrogens is 428 g/mol. The van der Waals surface area contributed by atoms with Crippen LogP contribution in [0, 0.1) is 12.8 Å². The number of aryl methyl sites for hydroxylation is 1. The van der Waals surface area contributed by atoms with Crippen LogP contribution < -0.4 is 10.9 Å². The SMILES string of the molecule is CCOC(=O)c1ccccc1NC(=O)CSc1nc2cc(C)[nH]c2c(=O)n1CCC(C)C. The van der Waals surface area contributed by atoms with Crippen molar-refractivity contribution < 1.29 is 14.3 Å². The number of fused-ring (bicyclic) bond motifs is 1. The molecule has 0 saturated heterocycles. The molecule has 0 unspecified atom stereocenters. The van der Waals surface area contributed by atoms with Gasteiger partial charge in [0.05, 0.1) is 29.1 Å². The molecule has 32 heavy (non-hydrogen) atoms. The quantitative estimate of drug-likeness (QED) is 0.287. The summed E-state index contributed by atoms with van der Waals surface area (Å²) < 4.78 is 6.68. The molecule has 1 amide bonds.